The number of carbonyl (C=O) groups is 1. The van der Waals surface area contributed by atoms with Crippen molar-refractivity contribution in [2.45, 2.75) is 5.92 Å². The SMILES string of the molecule is O=C(O)[C@]12CNC[C@@H]1C2(F)F. The maximum atomic E-state index is 12.7. The second kappa shape index (κ2) is 1.55. The number of halogens is 2. The van der Waals surface area contributed by atoms with Gasteiger partial charge >= 0.3 is 5.97 Å². The van der Waals surface area contributed by atoms with Gasteiger partial charge in [0.25, 0.3) is 5.92 Å². The molecule has 0 aromatic carbocycles. The van der Waals surface area contributed by atoms with Gasteiger partial charge in [-0.25, -0.2) is 8.78 Å². The second-order valence-electron chi connectivity index (χ2n) is 3.08. The van der Waals surface area contributed by atoms with Gasteiger partial charge < -0.3 is 10.4 Å². The zero-order chi connectivity index (χ0) is 8.28. The predicted octanol–water partition coefficient (Wildman–Crippen LogP) is -0.0743. The highest BCUT2D eigenvalue weighted by Gasteiger charge is 2.86. The van der Waals surface area contributed by atoms with E-state index in [0.29, 0.717) is 0 Å². The van der Waals surface area contributed by atoms with Gasteiger partial charge in [-0.3, -0.25) is 4.79 Å². The first kappa shape index (κ1) is 6.97. The van der Waals surface area contributed by atoms with E-state index in [0.717, 1.165) is 0 Å². The third-order valence-electron chi connectivity index (χ3n) is 2.68. The summed E-state index contributed by atoms with van der Waals surface area (Å²) in [5, 5.41) is 11.2. The first-order chi connectivity index (χ1) is 5.03. The van der Waals surface area contributed by atoms with E-state index in [4.69, 9.17) is 5.11 Å². The first-order valence-corrected chi connectivity index (χ1v) is 3.35. The zero-order valence-corrected chi connectivity index (χ0v) is 5.60. The maximum Gasteiger partial charge on any atom is 0.317 e. The first-order valence-electron chi connectivity index (χ1n) is 3.35. The van der Waals surface area contributed by atoms with Gasteiger partial charge in [-0.15, -0.1) is 0 Å². The monoisotopic (exact) mass is 163 g/mol. The Labute approximate surface area is 61.4 Å². The van der Waals surface area contributed by atoms with Crippen LogP contribution in [0, 0.1) is 11.3 Å². The van der Waals surface area contributed by atoms with Crippen LogP contribution < -0.4 is 5.32 Å². The lowest BCUT2D eigenvalue weighted by atomic mass is 10.1. The molecule has 2 fully saturated rings. The van der Waals surface area contributed by atoms with Crippen LogP contribution in [-0.4, -0.2) is 30.1 Å². The average molecular weight is 163 g/mol. The van der Waals surface area contributed by atoms with Crippen LogP contribution in [0.15, 0.2) is 0 Å². The Morgan fingerprint density at radius 1 is 1.64 bits per heavy atom. The smallest absolute Gasteiger partial charge is 0.317 e. The lowest BCUT2D eigenvalue weighted by Crippen LogP contribution is -2.31. The maximum absolute atomic E-state index is 12.7. The summed E-state index contributed by atoms with van der Waals surface area (Å²) >= 11 is 0. The summed E-state index contributed by atoms with van der Waals surface area (Å²) < 4.78 is 25.5. The molecule has 0 spiro atoms. The molecule has 62 valence electrons. The van der Waals surface area contributed by atoms with Crippen molar-refractivity contribution in [1.82, 2.24) is 5.32 Å². The predicted molar refractivity (Wildman–Crippen MR) is 31.4 cm³/mol. The van der Waals surface area contributed by atoms with Crippen LogP contribution in [0.2, 0.25) is 0 Å². The second-order valence-corrected chi connectivity index (χ2v) is 3.08. The lowest BCUT2D eigenvalue weighted by Gasteiger charge is -2.07. The number of hydrogen-bond acceptors (Lipinski definition) is 2. The Bertz CT molecular complexity index is 231. The normalized spacial score (nSPS) is 45.1. The zero-order valence-electron chi connectivity index (χ0n) is 5.60. The molecule has 0 aromatic heterocycles. The summed E-state index contributed by atoms with van der Waals surface area (Å²) in [5.74, 6) is -5.34. The minimum Gasteiger partial charge on any atom is -0.481 e. The highest BCUT2D eigenvalue weighted by Crippen LogP contribution is 2.67. The van der Waals surface area contributed by atoms with Crippen LogP contribution in [0.5, 0.6) is 0 Å². The van der Waals surface area contributed by atoms with Crippen molar-refractivity contribution < 1.29 is 18.7 Å². The number of rotatable bonds is 1. The number of alkyl halides is 2. The van der Waals surface area contributed by atoms with Gasteiger partial charge in [0.1, 0.15) is 0 Å². The van der Waals surface area contributed by atoms with Crippen molar-refractivity contribution in [2.75, 3.05) is 13.1 Å². The van der Waals surface area contributed by atoms with E-state index in [9.17, 15) is 13.6 Å². The van der Waals surface area contributed by atoms with E-state index < -0.39 is 23.2 Å². The minimum absolute atomic E-state index is 0.0972. The number of nitrogens with one attached hydrogen (secondary N) is 1. The fourth-order valence-corrected chi connectivity index (χ4v) is 1.86. The molecule has 1 saturated carbocycles. The Hall–Kier alpha value is -0.710. The Balaban J connectivity index is 2.33. The molecular weight excluding hydrogens is 156 g/mol. The van der Waals surface area contributed by atoms with E-state index >= 15 is 0 Å². The molecule has 1 saturated heterocycles. The van der Waals surface area contributed by atoms with Gasteiger partial charge in [-0.05, 0) is 0 Å². The van der Waals surface area contributed by atoms with Crippen molar-refractivity contribution in [3.8, 4) is 0 Å². The molecule has 0 radical (unpaired) electrons. The van der Waals surface area contributed by atoms with Gasteiger partial charge in [0, 0.05) is 13.1 Å². The summed E-state index contributed by atoms with van der Waals surface area (Å²) in [5.41, 5.74) is -1.77. The van der Waals surface area contributed by atoms with Crippen molar-refractivity contribution >= 4 is 5.97 Å². The molecule has 2 rings (SSSR count). The number of carboxylic acids is 1. The largest absolute Gasteiger partial charge is 0.481 e. The van der Waals surface area contributed by atoms with Crippen molar-refractivity contribution in [2.24, 2.45) is 11.3 Å². The topological polar surface area (TPSA) is 49.3 Å². The minimum atomic E-state index is -2.98. The number of hydrogen-bond donors (Lipinski definition) is 2. The molecule has 3 nitrogen and oxygen atoms in total. The number of piperidine rings is 1. The van der Waals surface area contributed by atoms with Crippen LogP contribution in [0.25, 0.3) is 0 Å². The van der Waals surface area contributed by atoms with Gasteiger partial charge in [-0.1, -0.05) is 0 Å². The van der Waals surface area contributed by atoms with E-state index in [2.05, 4.69) is 5.32 Å². The molecule has 2 N–H and O–H groups in total. The highest BCUT2D eigenvalue weighted by molar-refractivity contribution is 5.82. The third kappa shape index (κ3) is 0.504. The van der Waals surface area contributed by atoms with Crippen LogP contribution >= 0.6 is 0 Å². The molecule has 1 aliphatic heterocycles. The fourth-order valence-electron chi connectivity index (χ4n) is 1.86. The Morgan fingerprint density at radius 3 is 2.55 bits per heavy atom. The van der Waals surface area contributed by atoms with E-state index in [1.54, 1.807) is 0 Å². The van der Waals surface area contributed by atoms with E-state index in [1.165, 1.54) is 0 Å². The molecular formula is C6H7F2NO2. The van der Waals surface area contributed by atoms with Crippen LogP contribution in [0.4, 0.5) is 8.78 Å². The summed E-state index contributed by atoms with van der Waals surface area (Å²) in [6, 6.07) is 0. The van der Waals surface area contributed by atoms with Crippen LogP contribution in [-0.2, 0) is 4.79 Å². The quantitative estimate of drug-likeness (QED) is 0.568. The molecule has 2 atom stereocenters. The van der Waals surface area contributed by atoms with Gasteiger partial charge in [-0.2, -0.15) is 0 Å². The van der Waals surface area contributed by atoms with Gasteiger partial charge in [0.05, 0.1) is 5.92 Å². The number of fused-ring (bicyclic) bond motifs is 1. The lowest BCUT2D eigenvalue weighted by molar-refractivity contribution is -0.147. The highest BCUT2D eigenvalue weighted by atomic mass is 19.3. The van der Waals surface area contributed by atoms with Crippen LogP contribution in [0.3, 0.4) is 0 Å². The number of aliphatic carboxylic acids is 1. The van der Waals surface area contributed by atoms with Gasteiger partial charge in [0.15, 0.2) is 5.41 Å². The molecule has 5 heteroatoms. The number of carboxylic acid groups (broad SMARTS) is 1. The molecule has 0 amide bonds. The fraction of sp³-hybridized carbons (Fsp3) is 0.833. The summed E-state index contributed by atoms with van der Waals surface area (Å²) in [6.45, 7) is 0.0271. The average Bonchev–Trinajstić information content (AvgIpc) is 2.25. The van der Waals surface area contributed by atoms with E-state index in [-0.39, 0.29) is 13.1 Å². The van der Waals surface area contributed by atoms with Crippen molar-refractivity contribution in [3.63, 3.8) is 0 Å². The molecule has 0 unspecified atom stereocenters. The Morgan fingerprint density at radius 2 is 2.27 bits per heavy atom. The molecule has 0 aromatic rings. The summed E-state index contributed by atoms with van der Waals surface area (Å²) in [7, 11) is 0. The van der Waals surface area contributed by atoms with Crippen molar-refractivity contribution in [1.29, 1.82) is 0 Å². The molecule has 0 bridgehead atoms. The molecule has 2 aliphatic rings. The Kier molecular flexibility index (Phi) is 0.982. The van der Waals surface area contributed by atoms with Gasteiger partial charge in [0.2, 0.25) is 0 Å². The third-order valence-corrected chi connectivity index (χ3v) is 2.68. The molecule has 1 aliphatic carbocycles. The summed E-state index contributed by atoms with van der Waals surface area (Å²) in [4.78, 5) is 10.5. The summed E-state index contributed by atoms with van der Waals surface area (Å²) in [6.07, 6.45) is 0. The van der Waals surface area contributed by atoms with Crippen LogP contribution in [0.1, 0.15) is 0 Å². The molecule has 1 heterocycles. The molecule has 11 heavy (non-hydrogen) atoms. The van der Waals surface area contributed by atoms with Crippen molar-refractivity contribution in [3.05, 3.63) is 0 Å². The standard InChI is InChI=1S/C6H7F2NO2/c7-6(8)3-1-9-2-5(3,6)4(10)11/h3,9H,1-2H2,(H,10,11)/t3-,5-/m0/s1. The van der Waals surface area contributed by atoms with E-state index in [1.807, 2.05) is 0 Å².